The molecule has 0 amide bonds. The number of carboxylic acids is 1. The summed E-state index contributed by atoms with van der Waals surface area (Å²) in [6.45, 7) is 0. The van der Waals surface area contributed by atoms with E-state index in [1.54, 1.807) is 0 Å². The van der Waals surface area contributed by atoms with Crippen molar-refractivity contribution in [3.63, 3.8) is 0 Å². The number of carbonyl (C=O) groups is 1. The zero-order valence-corrected chi connectivity index (χ0v) is 12.3. The molecular formula is C13H8BrNO4S. The van der Waals surface area contributed by atoms with E-state index in [0.29, 0.717) is 4.90 Å². The van der Waals surface area contributed by atoms with Crippen molar-refractivity contribution in [2.75, 3.05) is 0 Å². The lowest BCUT2D eigenvalue weighted by molar-refractivity contribution is -0.387. The second-order valence-corrected chi connectivity index (χ2v) is 5.83. The monoisotopic (exact) mass is 353 g/mol. The van der Waals surface area contributed by atoms with Crippen molar-refractivity contribution in [2.24, 2.45) is 0 Å². The number of aromatic carboxylic acids is 1. The molecule has 0 aromatic heterocycles. The number of hydrogen-bond acceptors (Lipinski definition) is 4. The van der Waals surface area contributed by atoms with Crippen molar-refractivity contribution in [1.29, 1.82) is 0 Å². The van der Waals surface area contributed by atoms with E-state index < -0.39 is 10.9 Å². The van der Waals surface area contributed by atoms with Crippen LogP contribution >= 0.6 is 27.7 Å². The number of benzene rings is 2. The Morgan fingerprint density at radius 2 is 1.85 bits per heavy atom. The third kappa shape index (κ3) is 3.37. The molecule has 0 heterocycles. The van der Waals surface area contributed by atoms with E-state index >= 15 is 0 Å². The van der Waals surface area contributed by atoms with Gasteiger partial charge in [-0.1, -0.05) is 27.7 Å². The summed E-state index contributed by atoms with van der Waals surface area (Å²) in [6.07, 6.45) is 0. The SMILES string of the molecule is O=C(O)c1ccc(Sc2ccc(Br)cc2)c([N+](=O)[O-])c1. The van der Waals surface area contributed by atoms with Gasteiger partial charge in [-0.15, -0.1) is 0 Å². The van der Waals surface area contributed by atoms with Gasteiger partial charge in [0.2, 0.25) is 0 Å². The van der Waals surface area contributed by atoms with E-state index in [9.17, 15) is 14.9 Å². The molecule has 5 nitrogen and oxygen atoms in total. The maximum atomic E-state index is 11.0. The van der Waals surface area contributed by atoms with Crippen LogP contribution < -0.4 is 0 Å². The molecule has 0 unspecified atom stereocenters. The molecule has 2 aromatic rings. The van der Waals surface area contributed by atoms with Gasteiger partial charge in [0.15, 0.2) is 0 Å². The molecule has 0 atom stereocenters. The molecule has 0 saturated carbocycles. The topological polar surface area (TPSA) is 80.4 Å². The lowest BCUT2D eigenvalue weighted by atomic mass is 10.2. The predicted octanol–water partition coefficient (Wildman–Crippen LogP) is 4.21. The first-order valence-electron chi connectivity index (χ1n) is 5.42. The first-order chi connectivity index (χ1) is 9.47. The van der Waals surface area contributed by atoms with Gasteiger partial charge in [0.05, 0.1) is 15.4 Å². The average molecular weight is 354 g/mol. The Hall–Kier alpha value is -1.86. The van der Waals surface area contributed by atoms with Gasteiger partial charge in [0.25, 0.3) is 5.69 Å². The Morgan fingerprint density at radius 3 is 2.40 bits per heavy atom. The van der Waals surface area contributed by atoms with Gasteiger partial charge in [-0.05, 0) is 36.4 Å². The largest absolute Gasteiger partial charge is 0.478 e. The van der Waals surface area contributed by atoms with Gasteiger partial charge < -0.3 is 5.11 Å². The molecule has 7 heteroatoms. The minimum absolute atomic E-state index is 0.100. The fraction of sp³-hybridized carbons (Fsp3) is 0. The van der Waals surface area contributed by atoms with E-state index in [4.69, 9.17) is 5.11 Å². The van der Waals surface area contributed by atoms with Crippen molar-refractivity contribution in [2.45, 2.75) is 9.79 Å². The highest BCUT2D eigenvalue weighted by Crippen LogP contribution is 2.35. The minimum atomic E-state index is -1.19. The Bertz CT molecular complexity index is 673. The Morgan fingerprint density at radius 1 is 1.20 bits per heavy atom. The first-order valence-corrected chi connectivity index (χ1v) is 7.03. The van der Waals surface area contributed by atoms with Gasteiger partial charge in [0, 0.05) is 15.4 Å². The van der Waals surface area contributed by atoms with Crippen LogP contribution in [0.1, 0.15) is 10.4 Å². The summed E-state index contributed by atoms with van der Waals surface area (Å²) in [5.41, 5.74) is -0.310. The molecule has 0 aliphatic heterocycles. The van der Waals surface area contributed by atoms with E-state index in [-0.39, 0.29) is 11.3 Å². The van der Waals surface area contributed by atoms with E-state index in [0.717, 1.165) is 15.4 Å². The van der Waals surface area contributed by atoms with Crippen molar-refractivity contribution in [1.82, 2.24) is 0 Å². The van der Waals surface area contributed by atoms with Crippen LogP contribution in [0.2, 0.25) is 0 Å². The molecule has 102 valence electrons. The van der Waals surface area contributed by atoms with Gasteiger partial charge >= 0.3 is 5.97 Å². The van der Waals surface area contributed by atoms with Crippen LogP contribution in [0.25, 0.3) is 0 Å². The fourth-order valence-corrected chi connectivity index (χ4v) is 2.67. The number of halogens is 1. The molecule has 0 bridgehead atoms. The first kappa shape index (κ1) is 14.5. The molecule has 2 rings (SSSR count). The van der Waals surface area contributed by atoms with Crippen LogP contribution in [0, 0.1) is 10.1 Å². The second-order valence-electron chi connectivity index (χ2n) is 3.80. The Balaban J connectivity index is 2.38. The van der Waals surface area contributed by atoms with Crippen molar-refractivity contribution >= 4 is 39.3 Å². The van der Waals surface area contributed by atoms with E-state index in [2.05, 4.69) is 15.9 Å². The number of hydrogen-bond donors (Lipinski definition) is 1. The summed E-state index contributed by atoms with van der Waals surface area (Å²) in [6, 6.07) is 11.2. The molecule has 0 radical (unpaired) electrons. The number of nitro benzene ring substituents is 1. The predicted molar refractivity (Wildman–Crippen MR) is 78.3 cm³/mol. The van der Waals surface area contributed by atoms with Crippen LogP contribution in [0.3, 0.4) is 0 Å². The Kier molecular flexibility index (Phi) is 4.41. The van der Waals surface area contributed by atoms with E-state index in [1.807, 2.05) is 24.3 Å². The third-order valence-electron chi connectivity index (χ3n) is 2.44. The summed E-state index contributed by atoms with van der Waals surface area (Å²) in [5.74, 6) is -1.19. The fourth-order valence-electron chi connectivity index (χ4n) is 1.51. The molecule has 0 saturated heterocycles. The van der Waals surface area contributed by atoms with E-state index in [1.165, 1.54) is 23.9 Å². The molecule has 2 aromatic carbocycles. The maximum absolute atomic E-state index is 11.0. The van der Waals surface area contributed by atoms with Crippen LogP contribution in [0.5, 0.6) is 0 Å². The van der Waals surface area contributed by atoms with Crippen LogP contribution in [0.4, 0.5) is 5.69 Å². The highest BCUT2D eigenvalue weighted by molar-refractivity contribution is 9.10. The van der Waals surface area contributed by atoms with Gasteiger partial charge in [-0.2, -0.15) is 0 Å². The second kappa shape index (κ2) is 6.06. The summed E-state index contributed by atoms with van der Waals surface area (Å²) in [4.78, 5) is 22.5. The summed E-state index contributed by atoms with van der Waals surface area (Å²) in [5, 5.41) is 19.9. The Labute approximate surface area is 126 Å². The number of carboxylic acid groups (broad SMARTS) is 1. The van der Waals surface area contributed by atoms with Crippen molar-refractivity contribution in [3.05, 3.63) is 62.6 Å². The zero-order valence-electron chi connectivity index (χ0n) is 9.95. The quantitative estimate of drug-likeness (QED) is 0.657. The molecule has 20 heavy (non-hydrogen) atoms. The highest BCUT2D eigenvalue weighted by atomic mass is 79.9. The van der Waals surface area contributed by atoms with Gasteiger partial charge in [-0.25, -0.2) is 4.79 Å². The molecule has 0 aliphatic carbocycles. The molecule has 0 aliphatic rings. The summed E-state index contributed by atoms with van der Waals surface area (Å²) >= 11 is 4.53. The number of nitrogens with zero attached hydrogens (tertiary/aromatic N) is 1. The summed E-state index contributed by atoms with van der Waals surface area (Å²) < 4.78 is 0.914. The van der Waals surface area contributed by atoms with Gasteiger partial charge in [-0.3, -0.25) is 10.1 Å². The van der Waals surface area contributed by atoms with Crippen molar-refractivity contribution < 1.29 is 14.8 Å². The third-order valence-corrected chi connectivity index (χ3v) is 4.05. The van der Waals surface area contributed by atoms with Crippen LogP contribution in [-0.4, -0.2) is 16.0 Å². The molecule has 1 N–H and O–H groups in total. The molecule has 0 spiro atoms. The normalized spacial score (nSPS) is 10.2. The highest BCUT2D eigenvalue weighted by Gasteiger charge is 2.18. The molecular weight excluding hydrogens is 346 g/mol. The smallest absolute Gasteiger partial charge is 0.335 e. The maximum Gasteiger partial charge on any atom is 0.335 e. The average Bonchev–Trinajstić information content (AvgIpc) is 2.41. The lowest BCUT2D eigenvalue weighted by Crippen LogP contribution is -1.99. The summed E-state index contributed by atoms with van der Waals surface area (Å²) in [7, 11) is 0. The minimum Gasteiger partial charge on any atom is -0.478 e. The number of nitro groups is 1. The van der Waals surface area contributed by atoms with Crippen LogP contribution in [0.15, 0.2) is 56.7 Å². The lowest BCUT2D eigenvalue weighted by Gasteiger charge is -2.04. The standard InChI is InChI=1S/C13H8BrNO4S/c14-9-2-4-10(5-3-9)20-12-6-1-8(13(16)17)7-11(12)15(18)19/h1-7H,(H,16,17). The van der Waals surface area contributed by atoms with Crippen molar-refractivity contribution in [3.8, 4) is 0 Å². The zero-order chi connectivity index (χ0) is 14.7. The van der Waals surface area contributed by atoms with Crippen LogP contribution in [-0.2, 0) is 0 Å². The van der Waals surface area contributed by atoms with Gasteiger partial charge in [0.1, 0.15) is 0 Å². The number of rotatable bonds is 4. The molecule has 0 fully saturated rings.